The number of piperidine rings is 1. The van der Waals surface area contributed by atoms with Crippen molar-refractivity contribution in [3.05, 3.63) is 29.8 Å². The van der Waals surface area contributed by atoms with Gasteiger partial charge in [0.2, 0.25) is 5.95 Å². The molecule has 1 aliphatic heterocycles. The van der Waals surface area contributed by atoms with Gasteiger partial charge in [0.15, 0.2) is 0 Å². The van der Waals surface area contributed by atoms with Crippen molar-refractivity contribution in [2.24, 2.45) is 0 Å². The van der Waals surface area contributed by atoms with Gasteiger partial charge in [0.1, 0.15) is 0 Å². The van der Waals surface area contributed by atoms with Crippen LogP contribution in [0.3, 0.4) is 0 Å². The van der Waals surface area contributed by atoms with E-state index < -0.39 is 11.7 Å². The lowest BCUT2D eigenvalue weighted by molar-refractivity contribution is -0.138. The summed E-state index contributed by atoms with van der Waals surface area (Å²) >= 11 is 0. The molecule has 0 aromatic carbocycles. The second-order valence-corrected chi connectivity index (χ2v) is 5.29. The molecule has 2 aromatic heterocycles. The molecule has 0 amide bonds. The van der Waals surface area contributed by atoms with Gasteiger partial charge in [-0.25, -0.2) is 9.97 Å². The quantitative estimate of drug-likeness (QED) is 0.851. The van der Waals surface area contributed by atoms with Gasteiger partial charge < -0.3 is 4.90 Å². The third kappa shape index (κ3) is 3.02. The molecule has 0 saturated carbocycles. The van der Waals surface area contributed by atoms with Crippen LogP contribution in [0.5, 0.6) is 0 Å². The molecule has 0 radical (unpaired) electrons. The molecule has 22 heavy (non-hydrogen) atoms. The zero-order valence-corrected chi connectivity index (χ0v) is 12.0. The fourth-order valence-electron chi connectivity index (χ4n) is 2.46. The zero-order chi connectivity index (χ0) is 15.7. The van der Waals surface area contributed by atoms with E-state index in [4.69, 9.17) is 0 Å². The summed E-state index contributed by atoms with van der Waals surface area (Å²) in [5.41, 5.74) is 0.0378. The second kappa shape index (κ2) is 5.54. The van der Waals surface area contributed by atoms with E-state index in [9.17, 15) is 13.2 Å². The van der Waals surface area contributed by atoms with Crippen molar-refractivity contribution >= 4 is 5.95 Å². The van der Waals surface area contributed by atoms with E-state index in [-0.39, 0.29) is 6.04 Å². The van der Waals surface area contributed by atoms with Gasteiger partial charge in [0.05, 0.1) is 23.5 Å². The molecule has 3 rings (SSSR count). The molecule has 0 atom stereocenters. The van der Waals surface area contributed by atoms with Gasteiger partial charge in [-0.3, -0.25) is 0 Å². The van der Waals surface area contributed by atoms with Crippen molar-refractivity contribution < 1.29 is 13.2 Å². The van der Waals surface area contributed by atoms with Crippen LogP contribution in [-0.2, 0) is 6.18 Å². The van der Waals surface area contributed by atoms with Crippen LogP contribution in [0, 0.1) is 6.92 Å². The Morgan fingerprint density at radius 1 is 1.09 bits per heavy atom. The number of rotatable bonds is 2. The number of alkyl halides is 3. The third-order valence-corrected chi connectivity index (χ3v) is 3.66. The highest BCUT2D eigenvalue weighted by molar-refractivity contribution is 5.31. The molecule has 1 fully saturated rings. The molecule has 0 unspecified atom stereocenters. The molecule has 6 nitrogen and oxygen atoms in total. The van der Waals surface area contributed by atoms with Gasteiger partial charge in [-0.05, 0) is 19.8 Å². The SMILES string of the molecule is Cc1cnn(C2CCN(c3ncc(C(F)(F)F)cn3)CC2)n1. The standard InChI is InChI=1S/C13H15F3N6/c1-9-6-19-22(20-9)11-2-4-21(5-3-11)12-17-7-10(8-18-12)13(14,15)16/h6-8,11H,2-5H2,1H3. The fourth-order valence-corrected chi connectivity index (χ4v) is 2.46. The molecule has 118 valence electrons. The monoisotopic (exact) mass is 312 g/mol. The Morgan fingerprint density at radius 3 is 2.23 bits per heavy atom. The molecule has 0 bridgehead atoms. The van der Waals surface area contributed by atoms with Crippen LogP contribution in [0.2, 0.25) is 0 Å². The molecule has 3 heterocycles. The van der Waals surface area contributed by atoms with Crippen molar-refractivity contribution in [3.8, 4) is 0 Å². The summed E-state index contributed by atoms with van der Waals surface area (Å²) < 4.78 is 37.5. The maximum atomic E-state index is 12.5. The number of anilines is 1. The first-order chi connectivity index (χ1) is 10.4. The Hall–Kier alpha value is -2.19. The Morgan fingerprint density at radius 2 is 1.73 bits per heavy atom. The normalized spacial score (nSPS) is 17.0. The van der Waals surface area contributed by atoms with Crippen molar-refractivity contribution in [1.29, 1.82) is 0 Å². The largest absolute Gasteiger partial charge is 0.419 e. The number of aryl methyl sites for hydroxylation is 1. The van der Waals surface area contributed by atoms with Crippen LogP contribution >= 0.6 is 0 Å². The summed E-state index contributed by atoms with van der Waals surface area (Å²) in [5, 5.41) is 8.51. The van der Waals surface area contributed by atoms with Gasteiger partial charge in [0, 0.05) is 25.5 Å². The molecular weight excluding hydrogens is 297 g/mol. The number of hydrogen-bond donors (Lipinski definition) is 0. The Bertz CT molecular complexity index is 628. The molecule has 0 aliphatic carbocycles. The van der Waals surface area contributed by atoms with Gasteiger partial charge >= 0.3 is 6.18 Å². The van der Waals surface area contributed by atoms with Crippen LogP contribution in [-0.4, -0.2) is 38.1 Å². The lowest BCUT2D eigenvalue weighted by Gasteiger charge is -2.31. The van der Waals surface area contributed by atoms with E-state index >= 15 is 0 Å². The van der Waals surface area contributed by atoms with Crippen molar-refractivity contribution in [2.75, 3.05) is 18.0 Å². The number of hydrogen-bond acceptors (Lipinski definition) is 5. The highest BCUT2D eigenvalue weighted by Gasteiger charge is 2.32. The predicted molar refractivity (Wildman–Crippen MR) is 72.3 cm³/mol. The van der Waals surface area contributed by atoms with Crippen molar-refractivity contribution in [2.45, 2.75) is 32.0 Å². The molecular formula is C13H15F3N6. The third-order valence-electron chi connectivity index (χ3n) is 3.66. The maximum Gasteiger partial charge on any atom is 0.419 e. The minimum Gasteiger partial charge on any atom is -0.341 e. The van der Waals surface area contributed by atoms with Crippen molar-refractivity contribution in [3.63, 3.8) is 0 Å². The van der Waals surface area contributed by atoms with Crippen LogP contribution in [0.15, 0.2) is 18.6 Å². The summed E-state index contributed by atoms with van der Waals surface area (Å²) in [6.07, 6.45) is 0.567. The Labute approximate surface area is 125 Å². The first kappa shape index (κ1) is 14.7. The summed E-state index contributed by atoms with van der Waals surface area (Å²) in [5.74, 6) is 0.330. The van der Waals surface area contributed by atoms with Gasteiger partial charge in [-0.1, -0.05) is 0 Å². The first-order valence-electron chi connectivity index (χ1n) is 6.96. The van der Waals surface area contributed by atoms with Crippen LogP contribution < -0.4 is 4.90 Å². The summed E-state index contributed by atoms with van der Waals surface area (Å²) in [4.78, 5) is 11.2. The van der Waals surface area contributed by atoms with Crippen LogP contribution in [0.25, 0.3) is 0 Å². The lowest BCUT2D eigenvalue weighted by atomic mass is 10.1. The average molecular weight is 312 g/mol. The molecule has 0 spiro atoms. The van der Waals surface area contributed by atoms with Gasteiger partial charge in [-0.2, -0.15) is 28.2 Å². The average Bonchev–Trinajstić information content (AvgIpc) is 2.93. The highest BCUT2D eigenvalue weighted by Crippen LogP contribution is 2.29. The summed E-state index contributed by atoms with van der Waals surface area (Å²) in [6.45, 7) is 3.21. The highest BCUT2D eigenvalue weighted by atomic mass is 19.4. The molecule has 1 saturated heterocycles. The molecule has 1 aliphatic rings. The molecule has 0 N–H and O–H groups in total. The minimum atomic E-state index is -4.41. The number of halogens is 3. The van der Waals surface area contributed by atoms with Gasteiger partial charge in [0.25, 0.3) is 0 Å². The Balaban J connectivity index is 1.64. The summed E-state index contributed by atoms with van der Waals surface area (Å²) in [6, 6.07) is 0.208. The lowest BCUT2D eigenvalue weighted by Crippen LogP contribution is -2.36. The fraction of sp³-hybridized carbons (Fsp3) is 0.538. The van der Waals surface area contributed by atoms with Gasteiger partial charge in [-0.15, -0.1) is 0 Å². The predicted octanol–water partition coefficient (Wildman–Crippen LogP) is 2.24. The Kier molecular flexibility index (Phi) is 3.71. The van der Waals surface area contributed by atoms with E-state index in [2.05, 4.69) is 20.2 Å². The van der Waals surface area contributed by atoms with Crippen LogP contribution in [0.4, 0.5) is 19.1 Å². The summed E-state index contributed by atoms with van der Waals surface area (Å²) in [7, 11) is 0. The first-order valence-corrected chi connectivity index (χ1v) is 6.96. The van der Waals surface area contributed by atoms with Crippen molar-refractivity contribution in [1.82, 2.24) is 25.0 Å². The maximum absolute atomic E-state index is 12.5. The van der Waals surface area contributed by atoms with Crippen LogP contribution in [0.1, 0.15) is 30.1 Å². The van der Waals surface area contributed by atoms with E-state index in [0.717, 1.165) is 30.9 Å². The topological polar surface area (TPSA) is 59.7 Å². The van der Waals surface area contributed by atoms with E-state index in [0.29, 0.717) is 19.0 Å². The van der Waals surface area contributed by atoms with E-state index in [1.165, 1.54) is 0 Å². The molecule has 2 aromatic rings. The minimum absolute atomic E-state index is 0.208. The zero-order valence-electron chi connectivity index (χ0n) is 12.0. The second-order valence-electron chi connectivity index (χ2n) is 5.29. The smallest absolute Gasteiger partial charge is 0.341 e. The van der Waals surface area contributed by atoms with E-state index in [1.54, 1.807) is 11.0 Å². The van der Waals surface area contributed by atoms with E-state index in [1.807, 2.05) is 11.8 Å². The number of aromatic nitrogens is 5. The number of nitrogens with zero attached hydrogens (tertiary/aromatic N) is 6. The molecule has 9 heteroatoms.